The molecule has 0 N–H and O–H groups in total. The van der Waals surface area contributed by atoms with Crippen LogP contribution < -0.4 is 0 Å². The van der Waals surface area contributed by atoms with E-state index in [1.54, 1.807) is 0 Å². The van der Waals surface area contributed by atoms with Crippen LogP contribution in [0, 0.1) is 6.57 Å². The van der Waals surface area contributed by atoms with E-state index in [0.717, 1.165) is 74.9 Å². The molecule has 4 rings (SSSR count). The molecule has 202 valence electrons. The minimum absolute atomic E-state index is 0.0130. The standard InChI is InChI=1S/C29H43N4O3P/c1-22(2)33(23(3)4)37(35-21-18-30-5)36-28-17-15-24-14-16-27-25-12-8-9-13-26(25)29(34)32(27)20-11-7-6-10-19-31(24)28/h8-9,12-13,16,22-24,28H,6-7,10-11,14-15,17-21H2,1-4H3/b27-16-/t24-,28+,37?/m1/s1. The van der Waals surface area contributed by atoms with Gasteiger partial charge < -0.3 is 18.8 Å². The maximum Gasteiger partial charge on any atom is 0.261 e. The van der Waals surface area contributed by atoms with Gasteiger partial charge >= 0.3 is 0 Å². The van der Waals surface area contributed by atoms with Gasteiger partial charge in [0.2, 0.25) is 6.54 Å². The smallest absolute Gasteiger partial charge is 0.261 e. The molecule has 1 unspecified atom stereocenters. The van der Waals surface area contributed by atoms with Gasteiger partial charge in [-0.15, -0.1) is 0 Å². The first kappa shape index (κ1) is 28.2. The quantitative estimate of drug-likeness (QED) is 0.219. The summed E-state index contributed by atoms with van der Waals surface area (Å²) in [5.74, 6) is 0.146. The molecule has 3 aliphatic rings. The molecule has 0 aliphatic carbocycles. The van der Waals surface area contributed by atoms with Crippen LogP contribution in [0.1, 0.15) is 88.6 Å². The number of carbonyl (C=O) groups is 1. The Balaban J connectivity index is 1.55. The van der Waals surface area contributed by atoms with Gasteiger partial charge in [-0.3, -0.25) is 9.69 Å². The lowest BCUT2D eigenvalue weighted by Crippen LogP contribution is -2.40. The lowest BCUT2D eigenvalue weighted by Gasteiger charge is -2.39. The van der Waals surface area contributed by atoms with Crippen molar-refractivity contribution in [1.82, 2.24) is 14.5 Å². The van der Waals surface area contributed by atoms with Crippen molar-refractivity contribution in [1.29, 1.82) is 0 Å². The molecular weight excluding hydrogens is 483 g/mol. The molecule has 0 aromatic heterocycles. The third kappa shape index (κ3) is 6.61. The maximum absolute atomic E-state index is 13.2. The van der Waals surface area contributed by atoms with Gasteiger partial charge in [0.05, 0.1) is 0 Å². The Labute approximate surface area is 224 Å². The molecule has 3 aliphatic heterocycles. The number of rotatable bonds is 8. The first-order valence-corrected chi connectivity index (χ1v) is 15.1. The number of amides is 1. The predicted molar refractivity (Wildman–Crippen MR) is 150 cm³/mol. The number of carbonyl (C=O) groups excluding carboxylic acids is 1. The fraction of sp³-hybridized carbons (Fsp3) is 0.655. The van der Waals surface area contributed by atoms with Crippen LogP contribution in [0.3, 0.4) is 0 Å². The van der Waals surface area contributed by atoms with Crippen LogP contribution in [-0.2, 0) is 9.05 Å². The molecule has 3 heterocycles. The Morgan fingerprint density at radius 1 is 1.05 bits per heavy atom. The Bertz CT molecular complexity index is 984. The highest BCUT2D eigenvalue weighted by molar-refractivity contribution is 7.44. The molecule has 7 nitrogen and oxygen atoms in total. The lowest BCUT2D eigenvalue weighted by atomic mass is 10.0. The molecule has 0 radical (unpaired) electrons. The van der Waals surface area contributed by atoms with Crippen molar-refractivity contribution in [3.63, 3.8) is 0 Å². The Hall–Kier alpha value is -1.81. The van der Waals surface area contributed by atoms with Crippen LogP contribution in [-0.4, -0.2) is 71.0 Å². The van der Waals surface area contributed by atoms with Gasteiger partial charge in [0, 0.05) is 48.0 Å². The molecule has 0 spiro atoms. The molecule has 1 aromatic carbocycles. The Kier molecular flexibility index (Phi) is 10.1. The maximum atomic E-state index is 13.2. The summed E-state index contributed by atoms with van der Waals surface area (Å²) in [6.07, 6.45) is 9.70. The van der Waals surface area contributed by atoms with Crippen molar-refractivity contribution in [3.8, 4) is 0 Å². The van der Waals surface area contributed by atoms with Gasteiger partial charge in [0.25, 0.3) is 14.4 Å². The molecule has 1 saturated heterocycles. The van der Waals surface area contributed by atoms with E-state index in [2.05, 4.69) is 54.3 Å². The summed E-state index contributed by atoms with van der Waals surface area (Å²) in [6.45, 7) is 18.5. The van der Waals surface area contributed by atoms with Gasteiger partial charge in [-0.1, -0.05) is 37.1 Å². The summed E-state index contributed by atoms with van der Waals surface area (Å²) < 4.78 is 15.4. The molecule has 37 heavy (non-hydrogen) atoms. The van der Waals surface area contributed by atoms with E-state index in [4.69, 9.17) is 15.6 Å². The summed E-state index contributed by atoms with van der Waals surface area (Å²) >= 11 is 0. The first-order valence-electron chi connectivity index (χ1n) is 14.0. The van der Waals surface area contributed by atoms with Crippen LogP contribution >= 0.6 is 8.53 Å². The minimum Gasteiger partial charge on any atom is -0.314 e. The van der Waals surface area contributed by atoms with E-state index in [0.29, 0.717) is 31.3 Å². The average Bonchev–Trinajstić information content (AvgIpc) is 3.36. The van der Waals surface area contributed by atoms with Gasteiger partial charge in [0.15, 0.2) is 0 Å². The fourth-order valence-corrected chi connectivity index (χ4v) is 7.62. The van der Waals surface area contributed by atoms with Gasteiger partial charge in [0.1, 0.15) is 12.8 Å². The second-order valence-electron chi connectivity index (χ2n) is 10.8. The van der Waals surface area contributed by atoms with Crippen LogP contribution in [0.4, 0.5) is 0 Å². The van der Waals surface area contributed by atoms with E-state index in [9.17, 15) is 4.79 Å². The molecule has 3 atom stereocenters. The molecule has 0 saturated carbocycles. The van der Waals surface area contributed by atoms with Gasteiger partial charge in [-0.25, -0.2) is 11.2 Å². The average molecular weight is 527 g/mol. The predicted octanol–water partition coefficient (Wildman–Crippen LogP) is 6.54. The molecule has 1 aromatic rings. The van der Waals surface area contributed by atoms with Crippen LogP contribution in [0.5, 0.6) is 0 Å². The van der Waals surface area contributed by atoms with E-state index in [1.165, 1.54) is 0 Å². The van der Waals surface area contributed by atoms with E-state index >= 15 is 0 Å². The van der Waals surface area contributed by atoms with Crippen molar-refractivity contribution in [2.75, 3.05) is 26.2 Å². The van der Waals surface area contributed by atoms with Crippen LogP contribution in [0.15, 0.2) is 30.3 Å². The molecular formula is C29H43N4O3P. The lowest BCUT2D eigenvalue weighted by molar-refractivity contribution is 0.0212. The Morgan fingerprint density at radius 2 is 1.76 bits per heavy atom. The first-order chi connectivity index (χ1) is 17.9. The normalized spacial score (nSPS) is 25.2. The SMILES string of the molecule is [C-]#[N+]CCOP(O[C@H]1CC[C@H]2C/C=C3/c4ccccc4C(=O)N3CCCCCCN21)N(C(C)C)C(C)C. The largest absolute Gasteiger partial charge is 0.314 e. The number of benzene rings is 1. The van der Waals surface area contributed by atoms with Crippen molar-refractivity contribution in [2.45, 2.75) is 97.0 Å². The van der Waals surface area contributed by atoms with Gasteiger partial charge in [-0.2, -0.15) is 0 Å². The second kappa shape index (κ2) is 13.3. The highest BCUT2D eigenvalue weighted by Gasteiger charge is 2.39. The van der Waals surface area contributed by atoms with Crippen LogP contribution in [0.25, 0.3) is 10.5 Å². The third-order valence-electron chi connectivity index (χ3n) is 7.55. The van der Waals surface area contributed by atoms with Gasteiger partial charge in [-0.05, 0) is 65.9 Å². The van der Waals surface area contributed by atoms with Crippen LogP contribution in [0.2, 0.25) is 0 Å². The molecule has 8 heteroatoms. The molecule has 0 bridgehead atoms. The fourth-order valence-electron chi connectivity index (χ4n) is 5.89. The summed E-state index contributed by atoms with van der Waals surface area (Å²) in [6, 6.07) is 9.00. The van der Waals surface area contributed by atoms with E-state index in [1.807, 2.05) is 23.1 Å². The number of hydrogen-bond acceptors (Lipinski definition) is 5. The van der Waals surface area contributed by atoms with Crippen molar-refractivity contribution >= 4 is 20.1 Å². The molecule has 1 amide bonds. The summed E-state index contributed by atoms with van der Waals surface area (Å²) in [5.41, 5.74) is 2.99. The van der Waals surface area contributed by atoms with Crippen molar-refractivity contribution < 1.29 is 13.8 Å². The summed E-state index contributed by atoms with van der Waals surface area (Å²) in [7, 11) is -1.26. The second-order valence-corrected chi connectivity index (χ2v) is 12.2. The van der Waals surface area contributed by atoms with Crippen molar-refractivity contribution in [3.05, 3.63) is 52.9 Å². The van der Waals surface area contributed by atoms with Crippen molar-refractivity contribution in [2.24, 2.45) is 0 Å². The number of nitrogens with zero attached hydrogens (tertiary/aromatic N) is 4. The highest BCUT2D eigenvalue weighted by atomic mass is 31.2. The monoisotopic (exact) mass is 526 g/mol. The zero-order valence-electron chi connectivity index (χ0n) is 22.9. The zero-order valence-corrected chi connectivity index (χ0v) is 23.8. The number of hydrogen-bond donors (Lipinski definition) is 0. The summed E-state index contributed by atoms with van der Waals surface area (Å²) in [5, 5.41) is 0. The third-order valence-corrected chi connectivity index (χ3v) is 9.68. The topological polar surface area (TPSA) is 49.6 Å². The highest BCUT2D eigenvalue weighted by Crippen LogP contribution is 2.49. The van der Waals surface area contributed by atoms with E-state index in [-0.39, 0.29) is 12.1 Å². The molecule has 1 fully saturated rings. The minimum atomic E-state index is -1.26. The Morgan fingerprint density at radius 3 is 2.46 bits per heavy atom. The zero-order chi connectivity index (χ0) is 26.4. The number of fused-ring (bicyclic) bond motifs is 4. The van der Waals surface area contributed by atoms with E-state index < -0.39 is 8.53 Å². The summed E-state index contributed by atoms with van der Waals surface area (Å²) in [4.78, 5) is 21.2.